The van der Waals surface area contributed by atoms with E-state index in [1.54, 1.807) is 7.11 Å². The Balaban J connectivity index is 0.000000741. The van der Waals surface area contributed by atoms with Gasteiger partial charge < -0.3 is 4.74 Å². The molecule has 0 N–H and O–H groups in total. The van der Waals surface area contributed by atoms with Gasteiger partial charge in [-0.2, -0.15) is 0 Å². The summed E-state index contributed by atoms with van der Waals surface area (Å²) in [5, 5.41) is 2.19. The predicted molar refractivity (Wildman–Crippen MR) is 83.3 cm³/mol. The van der Waals surface area contributed by atoms with E-state index in [0.29, 0.717) is 5.56 Å². The van der Waals surface area contributed by atoms with E-state index in [1.807, 2.05) is 65.0 Å². The van der Waals surface area contributed by atoms with E-state index in [2.05, 4.69) is 0 Å². The Bertz CT molecular complexity index is 516. The Hall–Kier alpha value is -1.83. The molecular formula is C17H24O2. The quantitative estimate of drug-likeness (QED) is 0.708. The highest BCUT2D eigenvalue weighted by atomic mass is 16.5. The molecule has 19 heavy (non-hydrogen) atoms. The Labute approximate surface area is 116 Å². The second kappa shape index (κ2) is 9.15. The Morgan fingerprint density at radius 3 is 2.16 bits per heavy atom. The highest BCUT2D eigenvalue weighted by Crippen LogP contribution is 2.27. The molecule has 0 aliphatic heterocycles. The predicted octanol–water partition coefficient (Wildman–Crippen LogP) is 5.02. The summed E-state index contributed by atoms with van der Waals surface area (Å²) in [5.74, 6) is 0.876. The van der Waals surface area contributed by atoms with E-state index in [-0.39, 0.29) is 0 Å². The highest BCUT2D eigenvalue weighted by molar-refractivity contribution is 5.92. The topological polar surface area (TPSA) is 26.3 Å². The van der Waals surface area contributed by atoms with Gasteiger partial charge in [-0.1, -0.05) is 45.9 Å². The molecule has 0 saturated heterocycles. The lowest BCUT2D eigenvalue weighted by molar-refractivity contribution is 0.112. The molecule has 2 aromatic carbocycles. The van der Waals surface area contributed by atoms with Crippen LogP contribution in [0.4, 0.5) is 0 Å². The lowest BCUT2D eigenvalue weighted by Gasteiger charge is -2.08. The van der Waals surface area contributed by atoms with Gasteiger partial charge in [0.25, 0.3) is 0 Å². The number of methoxy groups -OCH3 is 1. The lowest BCUT2D eigenvalue weighted by atomic mass is 10.0. The molecule has 0 unspecified atom stereocenters. The Morgan fingerprint density at radius 1 is 1.00 bits per heavy atom. The largest absolute Gasteiger partial charge is 0.496 e. The molecule has 0 radical (unpaired) electrons. The van der Waals surface area contributed by atoms with Gasteiger partial charge >= 0.3 is 0 Å². The minimum atomic E-state index is 0.701. The average molecular weight is 260 g/mol. The van der Waals surface area contributed by atoms with Crippen LogP contribution in [0.3, 0.4) is 0 Å². The maximum atomic E-state index is 10.6. The Morgan fingerprint density at radius 2 is 1.63 bits per heavy atom. The first-order valence-corrected chi connectivity index (χ1v) is 6.79. The van der Waals surface area contributed by atoms with Crippen LogP contribution >= 0.6 is 0 Å². The first-order chi connectivity index (χ1) is 9.26. The van der Waals surface area contributed by atoms with Gasteiger partial charge in [0.1, 0.15) is 12.0 Å². The molecule has 0 amide bonds. The maximum Gasteiger partial charge on any atom is 0.150 e. The lowest BCUT2D eigenvalue weighted by Crippen LogP contribution is -1.89. The number of fused-ring (bicyclic) bond motifs is 1. The van der Waals surface area contributed by atoms with Gasteiger partial charge in [-0.25, -0.2) is 0 Å². The number of aldehydes is 1. The van der Waals surface area contributed by atoms with Gasteiger partial charge in [0.05, 0.1) is 7.11 Å². The van der Waals surface area contributed by atoms with Crippen molar-refractivity contribution >= 4 is 17.1 Å². The number of carbonyl (C=O) groups excluding carboxylic acids is 1. The van der Waals surface area contributed by atoms with Crippen LogP contribution < -0.4 is 4.74 Å². The van der Waals surface area contributed by atoms with E-state index < -0.39 is 0 Å². The normalized spacial score (nSPS) is 8.74. The SMILES string of the molecule is CC.CC.COc1ccc2cc(C=O)ccc2c1C. The molecular weight excluding hydrogens is 236 g/mol. The molecule has 0 heterocycles. The number of hydrogen-bond donors (Lipinski definition) is 0. The van der Waals surface area contributed by atoms with Crippen LogP contribution in [0, 0.1) is 6.92 Å². The highest BCUT2D eigenvalue weighted by Gasteiger charge is 2.03. The fraction of sp³-hybridized carbons (Fsp3) is 0.353. The van der Waals surface area contributed by atoms with Crippen LogP contribution in [0.1, 0.15) is 43.6 Å². The third-order valence-corrected chi connectivity index (χ3v) is 2.62. The van der Waals surface area contributed by atoms with Gasteiger partial charge in [0.2, 0.25) is 0 Å². The van der Waals surface area contributed by atoms with E-state index >= 15 is 0 Å². The fourth-order valence-electron chi connectivity index (χ4n) is 1.78. The zero-order chi connectivity index (χ0) is 14.8. The van der Waals surface area contributed by atoms with E-state index in [9.17, 15) is 4.79 Å². The van der Waals surface area contributed by atoms with Crippen molar-refractivity contribution in [2.75, 3.05) is 7.11 Å². The second-order valence-corrected chi connectivity index (χ2v) is 3.49. The molecule has 2 heteroatoms. The summed E-state index contributed by atoms with van der Waals surface area (Å²) in [7, 11) is 1.66. The first kappa shape index (κ1) is 17.2. The maximum absolute atomic E-state index is 10.6. The van der Waals surface area contributed by atoms with Gasteiger partial charge in [-0.05, 0) is 35.4 Å². The standard InChI is InChI=1S/C13H12O2.2C2H6/c1-9-12-5-3-10(8-14)7-11(12)4-6-13(9)15-2;2*1-2/h3-8H,1-2H3;2*1-2H3. The van der Waals surface area contributed by atoms with Crippen molar-refractivity contribution in [1.29, 1.82) is 0 Å². The smallest absolute Gasteiger partial charge is 0.150 e. The Kier molecular flexibility index (Phi) is 8.27. The second-order valence-electron chi connectivity index (χ2n) is 3.49. The molecule has 0 aliphatic carbocycles. The molecule has 104 valence electrons. The molecule has 0 fully saturated rings. The summed E-state index contributed by atoms with van der Waals surface area (Å²) >= 11 is 0. The zero-order valence-corrected chi connectivity index (χ0v) is 12.8. The molecule has 2 rings (SSSR count). The molecule has 2 nitrogen and oxygen atoms in total. The number of aryl methyl sites for hydroxylation is 1. The molecule has 2 aromatic rings. The number of rotatable bonds is 2. The van der Waals surface area contributed by atoms with Crippen molar-refractivity contribution in [3.8, 4) is 5.75 Å². The summed E-state index contributed by atoms with van der Waals surface area (Å²) < 4.78 is 5.24. The zero-order valence-electron chi connectivity index (χ0n) is 12.8. The third-order valence-electron chi connectivity index (χ3n) is 2.62. The van der Waals surface area contributed by atoms with Crippen LogP contribution in [-0.2, 0) is 0 Å². The summed E-state index contributed by atoms with van der Waals surface area (Å²) in [6, 6.07) is 9.55. The monoisotopic (exact) mass is 260 g/mol. The van der Waals surface area contributed by atoms with E-state index in [4.69, 9.17) is 4.74 Å². The molecule has 0 atom stereocenters. The summed E-state index contributed by atoms with van der Waals surface area (Å²) in [6.07, 6.45) is 0.860. The molecule has 0 saturated carbocycles. The number of ether oxygens (including phenoxy) is 1. The van der Waals surface area contributed by atoms with Gasteiger partial charge in [0.15, 0.2) is 0 Å². The van der Waals surface area contributed by atoms with E-state index in [1.165, 1.54) is 0 Å². The average Bonchev–Trinajstić information content (AvgIpc) is 2.51. The van der Waals surface area contributed by atoms with Crippen LogP contribution in [0.5, 0.6) is 5.75 Å². The fourth-order valence-corrected chi connectivity index (χ4v) is 1.78. The molecule has 0 aliphatic rings. The van der Waals surface area contributed by atoms with Crippen molar-refractivity contribution in [3.63, 3.8) is 0 Å². The van der Waals surface area contributed by atoms with E-state index in [0.717, 1.165) is 28.4 Å². The summed E-state index contributed by atoms with van der Waals surface area (Å²) in [6.45, 7) is 10.0. The summed E-state index contributed by atoms with van der Waals surface area (Å²) in [5.41, 5.74) is 1.81. The summed E-state index contributed by atoms with van der Waals surface area (Å²) in [4.78, 5) is 10.6. The van der Waals surface area contributed by atoms with Crippen molar-refractivity contribution in [2.45, 2.75) is 34.6 Å². The van der Waals surface area contributed by atoms with Crippen molar-refractivity contribution in [3.05, 3.63) is 41.5 Å². The molecule has 0 aromatic heterocycles. The van der Waals surface area contributed by atoms with Gasteiger partial charge in [0, 0.05) is 5.56 Å². The first-order valence-electron chi connectivity index (χ1n) is 6.79. The van der Waals surface area contributed by atoms with Crippen molar-refractivity contribution < 1.29 is 9.53 Å². The third kappa shape index (κ3) is 4.09. The molecule has 0 bridgehead atoms. The van der Waals surface area contributed by atoms with Crippen LogP contribution in [0.2, 0.25) is 0 Å². The van der Waals surface area contributed by atoms with Crippen LogP contribution in [0.15, 0.2) is 30.3 Å². The van der Waals surface area contributed by atoms with Crippen molar-refractivity contribution in [1.82, 2.24) is 0 Å². The van der Waals surface area contributed by atoms with Gasteiger partial charge in [-0.3, -0.25) is 4.79 Å². The van der Waals surface area contributed by atoms with Crippen LogP contribution in [-0.4, -0.2) is 13.4 Å². The van der Waals surface area contributed by atoms with Crippen LogP contribution in [0.25, 0.3) is 10.8 Å². The minimum absolute atomic E-state index is 0.701. The van der Waals surface area contributed by atoms with Gasteiger partial charge in [-0.15, -0.1) is 0 Å². The number of carbonyl (C=O) groups is 1. The number of hydrogen-bond acceptors (Lipinski definition) is 2. The minimum Gasteiger partial charge on any atom is -0.496 e. The molecule has 0 spiro atoms. The number of benzene rings is 2. The van der Waals surface area contributed by atoms with Crippen molar-refractivity contribution in [2.24, 2.45) is 0 Å².